The number of nitrogens with zero attached hydrogens (tertiary/aromatic N) is 3. The molecular weight excluding hydrogens is 278 g/mol. The number of carbonyl (C=O) groups is 2. The fraction of sp³-hybridized carbons (Fsp3) is 0.615. The molecule has 1 amide bonds. The Morgan fingerprint density at radius 1 is 1.45 bits per heavy atom. The number of anilines is 1. The van der Waals surface area contributed by atoms with Crippen LogP contribution in [0.2, 0.25) is 0 Å². The van der Waals surface area contributed by atoms with Crippen LogP contribution in [0, 0.1) is 0 Å². The number of amides is 1. The standard InChI is InChI=1S/C13H21N3O3S/c1-5-16(10(4)17)13-14-11(8-20-13)6-15(9(2)3)7-12(18)19/h8-9H,5-7H2,1-4H3,(H,18,19). The molecule has 1 rings (SSSR count). The first-order valence-corrected chi connectivity index (χ1v) is 7.41. The van der Waals surface area contributed by atoms with Gasteiger partial charge in [0.05, 0.1) is 12.2 Å². The normalized spacial score (nSPS) is 11.1. The van der Waals surface area contributed by atoms with Crippen LogP contribution in [0.4, 0.5) is 5.13 Å². The number of hydrogen-bond acceptors (Lipinski definition) is 5. The van der Waals surface area contributed by atoms with Crippen LogP contribution in [0.5, 0.6) is 0 Å². The third kappa shape index (κ3) is 4.57. The third-order valence-electron chi connectivity index (χ3n) is 2.90. The van der Waals surface area contributed by atoms with Crippen LogP contribution >= 0.6 is 11.3 Å². The fourth-order valence-electron chi connectivity index (χ4n) is 1.79. The number of rotatable bonds is 7. The molecule has 0 aliphatic heterocycles. The molecule has 1 aromatic heterocycles. The zero-order chi connectivity index (χ0) is 15.3. The van der Waals surface area contributed by atoms with Gasteiger partial charge in [-0.2, -0.15) is 0 Å². The highest BCUT2D eigenvalue weighted by molar-refractivity contribution is 7.14. The van der Waals surface area contributed by atoms with Crippen LogP contribution in [0.25, 0.3) is 0 Å². The zero-order valence-corrected chi connectivity index (χ0v) is 13.1. The summed E-state index contributed by atoms with van der Waals surface area (Å²) in [7, 11) is 0. The van der Waals surface area contributed by atoms with Gasteiger partial charge in [0.2, 0.25) is 5.91 Å². The molecule has 1 aromatic rings. The lowest BCUT2D eigenvalue weighted by molar-refractivity contribution is -0.139. The number of aliphatic carboxylic acids is 1. The Morgan fingerprint density at radius 3 is 2.55 bits per heavy atom. The highest BCUT2D eigenvalue weighted by Gasteiger charge is 2.17. The lowest BCUT2D eigenvalue weighted by Crippen LogP contribution is -2.35. The first-order valence-electron chi connectivity index (χ1n) is 6.53. The second-order valence-corrected chi connectivity index (χ2v) is 5.61. The first kappa shape index (κ1) is 16.6. The van der Waals surface area contributed by atoms with Gasteiger partial charge in [-0.3, -0.25) is 19.4 Å². The molecule has 0 spiro atoms. The van der Waals surface area contributed by atoms with Crippen LogP contribution in [0.3, 0.4) is 0 Å². The summed E-state index contributed by atoms with van der Waals surface area (Å²) in [5.41, 5.74) is 0.791. The smallest absolute Gasteiger partial charge is 0.317 e. The summed E-state index contributed by atoms with van der Waals surface area (Å²) in [6.07, 6.45) is 0. The Hall–Kier alpha value is -1.47. The molecule has 112 valence electrons. The van der Waals surface area contributed by atoms with Crippen molar-refractivity contribution in [2.24, 2.45) is 0 Å². The Bertz CT molecular complexity index is 473. The highest BCUT2D eigenvalue weighted by atomic mass is 32.1. The number of carbonyl (C=O) groups excluding carboxylic acids is 1. The molecule has 0 bridgehead atoms. The SMILES string of the molecule is CCN(C(C)=O)c1nc(CN(CC(=O)O)C(C)C)cs1. The molecule has 0 aromatic carbocycles. The Balaban J connectivity index is 2.80. The largest absolute Gasteiger partial charge is 0.480 e. The molecule has 20 heavy (non-hydrogen) atoms. The van der Waals surface area contributed by atoms with Crippen molar-refractivity contribution >= 4 is 28.3 Å². The van der Waals surface area contributed by atoms with Crippen LogP contribution in [0.1, 0.15) is 33.4 Å². The first-order chi connectivity index (χ1) is 9.35. The molecule has 6 nitrogen and oxygen atoms in total. The van der Waals surface area contributed by atoms with Crippen LogP contribution < -0.4 is 4.90 Å². The third-order valence-corrected chi connectivity index (χ3v) is 3.81. The van der Waals surface area contributed by atoms with Crippen molar-refractivity contribution in [2.75, 3.05) is 18.0 Å². The van der Waals surface area contributed by atoms with Gasteiger partial charge in [0, 0.05) is 31.4 Å². The zero-order valence-electron chi connectivity index (χ0n) is 12.3. The average molecular weight is 299 g/mol. The minimum atomic E-state index is -0.854. The van der Waals surface area contributed by atoms with Gasteiger partial charge in [-0.15, -0.1) is 11.3 Å². The summed E-state index contributed by atoms with van der Waals surface area (Å²) >= 11 is 1.40. The van der Waals surface area contributed by atoms with Gasteiger partial charge in [-0.1, -0.05) is 0 Å². The van der Waals surface area contributed by atoms with Crippen molar-refractivity contribution in [3.8, 4) is 0 Å². The van der Waals surface area contributed by atoms with Gasteiger partial charge in [0.25, 0.3) is 0 Å². The number of aromatic nitrogens is 1. The van der Waals surface area contributed by atoms with Crippen molar-refractivity contribution in [1.29, 1.82) is 0 Å². The second kappa shape index (κ2) is 7.35. The maximum absolute atomic E-state index is 11.5. The summed E-state index contributed by atoms with van der Waals surface area (Å²) in [6, 6.07) is 0.117. The van der Waals surface area contributed by atoms with Gasteiger partial charge in [0.1, 0.15) is 0 Å². The van der Waals surface area contributed by atoms with Gasteiger partial charge in [-0.25, -0.2) is 4.98 Å². The number of carboxylic acid groups (broad SMARTS) is 1. The Kier molecular flexibility index (Phi) is 6.09. The van der Waals surface area contributed by atoms with Gasteiger partial charge < -0.3 is 5.11 Å². The highest BCUT2D eigenvalue weighted by Crippen LogP contribution is 2.21. The van der Waals surface area contributed by atoms with Crippen LogP contribution in [0.15, 0.2) is 5.38 Å². The average Bonchev–Trinajstić information content (AvgIpc) is 2.76. The number of carboxylic acids is 1. The number of thiazole rings is 1. The van der Waals surface area contributed by atoms with Crippen molar-refractivity contribution in [3.63, 3.8) is 0 Å². The molecule has 0 unspecified atom stereocenters. The van der Waals surface area contributed by atoms with E-state index in [2.05, 4.69) is 4.98 Å². The molecule has 1 N–H and O–H groups in total. The van der Waals surface area contributed by atoms with E-state index in [1.54, 1.807) is 4.90 Å². The summed E-state index contributed by atoms with van der Waals surface area (Å²) in [5, 5.41) is 11.4. The van der Waals surface area contributed by atoms with Gasteiger partial charge in [-0.05, 0) is 20.8 Å². The minimum absolute atomic E-state index is 0.0191. The van der Waals surface area contributed by atoms with E-state index >= 15 is 0 Å². The maximum Gasteiger partial charge on any atom is 0.317 e. The molecule has 0 aliphatic carbocycles. The van der Waals surface area contributed by atoms with Crippen molar-refractivity contribution in [1.82, 2.24) is 9.88 Å². The molecular formula is C13H21N3O3S. The molecule has 0 aliphatic rings. The molecule has 0 fully saturated rings. The lowest BCUT2D eigenvalue weighted by Gasteiger charge is -2.23. The fourth-order valence-corrected chi connectivity index (χ4v) is 2.71. The molecule has 1 heterocycles. The van der Waals surface area contributed by atoms with Gasteiger partial charge in [0.15, 0.2) is 5.13 Å². The maximum atomic E-state index is 11.5. The molecule has 0 atom stereocenters. The monoisotopic (exact) mass is 299 g/mol. The molecule has 7 heteroatoms. The number of hydrogen-bond donors (Lipinski definition) is 1. The van der Waals surface area contributed by atoms with E-state index in [1.165, 1.54) is 18.3 Å². The molecule has 0 saturated heterocycles. The van der Waals surface area contributed by atoms with Crippen LogP contribution in [-0.4, -0.2) is 46.0 Å². The molecule has 0 saturated carbocycles. The summed E-state index contributed by atoms with van der Waals surface area (Å²) in [5.74, 6) is -0.896. The van der Waals surface area contributed by atoms with Crippen molar-refractivity contribution in [3.05, 3.63) is 11.1 Å². The van der Waals surface area contributed by atoms with Gasteiger partial charge >= 0.3 is 5.97 Å². The summed E-state index contributed by atoms with van der Waals surface area (Å²) in [4.78, 5) is 30.2. The Labute approximate surface area is 123 Å². The van der Waals surface area contributed by atoms with E-state index < -0.39 is 5.97 Å². The van der Waals surface area contributed by atoms with E-state index in [0.717, 1.165) is 5.69 Å². The van der Waals surface area contributed by atoms with E-state index in [-0.39, 0.29) is 18.5 Å². The van der Waals surface area contributed by atoms with Crippen LogP contribution in [-0.2, 0) is 16.1 Å². The second-order valence-electron chi connectivity index (χ2n) is 4.78. The molecule has 0 radical (unpaired) electrons. The van der Waals surface area contributed by atoms with Crippen molar-refractivity contribution in [2.45, 2.75) is 40.3 Å². The van der Waals surface area contributed by atoms with E-state index in [9.17, 15) is 9.59 Å². The summed E-state index contributed by atoms with van der Waals surface area (Å²) < 4.78 is 0. The van der Waals surface area contributed by atoms with Crippen molar-refractivity contribution < 1.29 is 14.7 Å². The van der Waals surface area contributed by atoms with E-state index in [0.29, 0.717) is 18.2 Å². The topological polar surface area (TPSA) is 73.7 Å². The quantitative estimate of drug-likeness (QED) is 0.831. The summed E-state index contributed by atoms with van der Waals surface area (Å²) in [6.45, 7) is 8.33. The van der Waals surface area contributed by atoms with E-state index in [4.69, 9.17) is 5.11 Å². The lowest BCUT2D eigenvalue weighted by atomic mass is 10.3. The predicted molar refractivity (Wildman–Crippen MR) is 79.0 cm³/mol. The predicted octanol–water partition coefficient (Wildman–Crippen LogP) is 1.81. The Morgan fingerprint density at radius 2 is 2.10 bits per heavy atom. The minimum Gasteiger partial charge on any atom is -0.480 e. The van der Waals surface area contributed by atoms with E-state index in [1.807, 2.05) is 31.1 Å².